The summed E-state index contributed by atoms with van der Waals surface area (Å²) in [5.74, 6) is -0.0485. The highest BCUT2D eigenvalue weighted by molar-refractivity contribution is 9.10. The van der Waals surface area contributed by atoms with Crippen molar-refractivity contribution in [1.29, 1.82) is 0 Å². The van der Waals surface area contributed by atoms with Crippen LogP contribution in [0, 0.1) is 0 Å². The highest BCUT2D eigenvalue weighted by atomic mass is 79.9. The number of nitrogens with one attached hydrogen (secondary N) is 1. The van der Waals surface area contributed by atoms with Gasteiger partial charge in [-0.2, -0.15) is 0 Å². The van der Waals surface area contributed by atoms with E-state index in [0.29, 0.717) is 5.56 Å². The first-order valence-corrected chi connectivity index (χ1v) is 9.21. The molecule has 0 radical (unpaired) electrons. The first kappa shape index (κ1) is 18.7. The lowest BCUT2D eigenvalue weighted by atomic mass is 10.1. The molecule has 1 unspecified atom stereocenters. The molecule has 4 heteroatoms. The Balaban J connectivity index is 2.01. The van der Waals surface area contributed by atoms with Gasteiger partial charge in [-0.25, -0.2) is 0 Å². The van der Waals surface area contributed by atoms with E-state index in [9.17, 15) is 4.79 Å². The van der Waals surface area contributed by atoms with E-state index >= 15 is 0 Å². The van der Waals surface area contributed by atoms with Crippen LogP contribution >= 0.6 is 15.9 Å². The molecule has 2 aromatic carbocycles. The Morgan fingerprint density at radius 1 is 1.08 bits per heavy atom. The second-order valence-electron chi connectivity index (χ2n) is 5.87. The maximum absolute atomic E-state index is 12.4. The van der Waals surface area contributed by atoms with Crippen LogP contribution in [0.1, 0.15) is 48.3 Å². The third kappa shape index (κ3) is 4.92. The summed E-state index contributed by atoms with van der Waals surface area (Å²) in [4.78, 5) is 14.8. The number of carbonyl (C=O) groups excluding carboxylic acids is 1. The molecule has 0 saturated carbocycles. The Kier molecular flexibility index (Phi) is 7.00. The molecule has 0 spiro atoms. The van der Waals surface area contributed by atoms with Crippen LogP contribution in [0.5, 0.6) is 0 Å². The molecule has 0 heterocycles. The van der Waals surface area contributed by atoms with Crippen LogP contribution in [0.4, 0.5) is 0 Å². The molecular weight excluding hydrogens is 364 g/mol. The van der Waals surface area contributed by atoms with Gasteiger partial charge in [0, 0.05) is 16.6 Å². The van der Waals surface area contributed by atoms with E-state index in [1.165, 1.54) is 5.56 Å². The number of hydrogen-bond donors (Lipinski definition) is 1. The van der Waals surface area contributed by atoms with Crippen molar-refractivity contribution in [3.05, 3.63) is 69.7 Å². The number of carbonyl (C=O) groups is 1. The van der Waals surface area contributed by atoms with Crippen LogP contribution in [-0.4, -0.2) is 23.9 Å². The minimum atomic E-state index is -0.0524. The average molecular weight is 389 g/mol. The van der Waals surface area contributed by atoms with E-state index in [-0.39, 0.29) is 11.9 Å². The van der Waals surface area contributed by atoms with Gasteiger partial charge in [-0.1, -0.05) is 60.1 Å². The van der Waals surface area contributed by atoms with Crippen molar-refractivity contribution in [2.45, 2.75) is 33.4 Å². The molecular formula is C20H25BrN2O. The first-order chi connectivity index (χ1) is 11.5. The molecule has 0 aromatic heterocycles. The molecule has 24 heavy (non-hydrogen) atoms. The van der Waals surface area contributed by atoms with E-state index in [1.54, 1.807) is 0 Å². The van der Waals surface area contributed by atoms with E-state index < -0.39 is 0 Å². The Labute approximate surface area is 153 Å². The third-order valence-corrected chi connectivity index (χ3v) is 4.96. The number of hydrogen-bond acceptors (Lipinski definition) is 2. The molecule has 1 atom stereocenters. The molecule has 2 aromatic rings. The molecule has 0 aliphatic rings. The minimum Gasteiger partial charge on any atom is -0.345 e. The average Bonchev–Trinajstić information content (AvgIpc) is 2.60. The van der Waals surface area contributed by atoms with Crippen molar-refractivity contribution in [1.82, 2.24) is 10.2 Å². The molecule has 0 fully saturated rings. The fraction of sp³-hybridized carbons (Fsp3) is 0.350. The molecule has 2 rings (SSSR count). The number of amides is 1. The quantitative estimate of drug-likeness (QED) is 0.739. The molecule has 0 aliphatic heterocycles. The largest absolute Gasteiger partial charge is 0.345 e. The van der Waals surface area contributed by atoms with Crippen LogP contribution in [0.3, 0.4) is 0 Å². The number of benzene rings is 2. The summed E-state index contributed by atoms with van der Waals surface area (Å²) in [7, 11) is 0. The summed E-state index contributed by atoms with van der Waals surface area (Å²) < 4.78 is 1.01. The zero-order valence-corrected chi connectivity index (χ0v) is 16.1. The van der Waals surface area contributed by atoms with Crippen molar-refractivity contribution >= 4 is 21.8 Å². The Bertz CT molecular complexity index is 666. The van der Waals surface area contributed by atoms with E-state index in [1.807, 2.05) is 55.5 Å². The standard InChI is InChI=1S/C20H25BrN2O/c1-4-23(5-2)14-16-10-12-17(13-11-16)20(24)22-15(3)18-8-6-7-9-19(18)21/h6-13,15H,4-5,14H2,1-3H3,(H,22,24). The maximum atomic E-state index is 12.4. The van der Waals surface area contributed by atoms with Crippen LogP contribution < -0.4 is 5.32 Å². The number of nitrogens with zero attached hydrogens (tertiary/aromatic N) is 1. The lowest BCUT2D eigenvalue weighted by Gasteiger charge is -2.18. The summed E-state index contributed by atoms with van der Waals surface area (Å²) >= 11 is 3.53. The van der Waals surface area contributed by atoms with Crippen molar-refractivity contribution in [2.75, 3.05) is 13.1 Å². The van der Waals surface area contributed by atoms with Gasteiger partial charge in [0.1, 0.15) is 0 Å². The van der Waals surface area contributed by atoms with Gasteiger partial charge in [-0.15, -0.1) is 0 Å². The second kappa shape index (κ2) is 9.00. The third-order valence-electron chi connectivity index (χ3n) is 4.24. The summed E-state index contributed by atoms with van der Waals surface area (Å²) in [5.41, 5.74) is 3.00. The zero-order chi connectivity index (χ0) is 17.5. The van der Waals surface area contributed by atoms with Gasteiger partial charge in [-0.05, 0) is 49.3 Å². The Morgan fingerprint density at radius 2 is 1.71 bits per heavy atom. The molecule has 1 N–H and O–H groups in total. The van der Waals surface area contributed by atoms with Gasteiger partial charge < -0.3 is 5.32 Å². The molecule has 0 saturated heterocycles. The topological polar surface area (TPSA) is 32.3 Å². The smallest absolute Gasteiger partial charge is 0.251 e. The molecule has 0 bridgehead atoms. The summed E-state index contributed by atoms with van der Waals surface area (Å²) in [6, 6.07) is 15.8. The number of rotatable bonds is 7. The van der Waals surface area contributed by atoms with Gasteiger partial charge in [0.15, 0.2) is 0 Å². The van der Waals surface area contributed by atoms with Gasteiger partial charge in [0.05, 0.1) is 6.04 Å². The van der Waals surface area contributed by atoms with Crippen molar-refractivity contribution in [3.63, 3.8) is 0 Å². The van der Waals surface area contributed by atoms with Crippen LogP contribution in [0.25, 0.3) is 0 Å². The minimum absolute atomic E-state index is 0.0485. The summed E-state index contributed by atoms with van der Waals surface area (Å²) in [5, 5.41) is 3.06. The van der Waals surface area contributed by atoms with Crippen LogP contribution in [0.2, 0.25) is 0 Å². The van der Waals surface area contributed by atoms with Crippen LogP contribution in [0.15, 0.2) is 53.0 Å². The van der Waals surface area contributed by atoms with E-state index in [2.05, 4.69) is 40.0 Å². The zero-order valence-electron chi connectivity index (χ0n) is 14.6. The molecule has 3 nitrogen and oxygen atoms in total. The predicted molar refractivity (Wildman–Crippen MR) is 103 cm³/mol. The highest BCUT2D eigenvalue weighted by Gasteiger charge is 2.13. The predicted octanol–water partition coefficient (Wildman–Crippen LogP) is 4.78. The fourth-order valence-electron chi connectivity index (χ4n) is 2.65. The number of halogens is 1. The normalized spacial score (nSPS) is 12.2. The van der Waals surface area contributed by atoms with E-state index in [0.717, 1.165) is 29.7 Å². The van der Waals surface area contributed by atoms with Crippen molar-refractivity contribution in [3.8, 4) is 0 Å². The second-order valence-corrected chi connectivity index (χ2v) is 6.73. The Morgan fingerprint density at radius 3 is 2.29 bits per heavy atom. The molecule has 0 aliphatic carbocycles. The fourth-order valence-corrected chi connectivity index (χ4v) is 3.28. The van der Waals surface area contributed by atoms with Crippen molar-refractivity contribution < 1.29 is 4.79 Å². The summed E-state index contributed by atoms with van der Waals surface area (Å²) in [6.45, 7) is 9.29. The van der Waals surface area contributed by atoms with Gasteiger partial charge >= 0.3 is 0 Å². The van der Waals surface area contributed by atoms with E-state index in [4.69, 9.17) is 0 Å². The molecule has 128 valence electrons. The van der Waals surface area contributed by atoms with Gasteiger partial charge in [0.2, 0.25) is 0 Å². The van der Waals surface area contributed by atoms with Crippen molar-refractivity contribution in [2.24, 2.45) is 0 Å². The SMILES string of the molecule is CCN(CC)Cc1ccc(C(=O)NC(C)c2ccccc2Br)cc1. The first-order valence-electron chi connectivity index (χ1n) is 8.41. The monoisotopic (exact) mass is 388 g/mol. The Hall–Kier alpha value is -1.65. The summed E-state index contributed by atoms with van der Waals surface area (Å²) in [6.07, 6.45) is 0. The highest BCUT2D eigenvalue weighted by Crippen LogP contribution is 2.23. The molecule has 1 amide bonds. The van der Waals surface area contributed by atoms with Gasteiger partial charge in [0.25, 0.3) is 5.91 Å². The maximum Gasteiger partial charge on any atom is 0.251 e. The lowest BCUT2D eigenvalue weighted by molar-refractivity contribution is 0.0939. The van der Waals surface area contributed by atoms with Gasteiger partial charge in [-0.3, -0.25) is 9.69 Å². The van der Waals surface area contributed by atoms with Crippen LogP contribution in [-0.2, 0) is 6.54 Å². The lowest BCUT2D eigenvalue weighted by Crippen LogP contribution is -2.27.